The zero-order chi connectivity index (χ0) is 18.6. The van der Waals surface area contributed by atoms with E-state index in [-0.39, 0.29) is 23.9 Å². The van der Waals surface area contributed by atoms with E-state index in [0.717, 1.165) is 0 Å². The molecule has 0 bridgehead atoms. The maximum absolute atomic E-state index is 13.1. The zero-order valence-electron chi connectivity index (χ0n) is 15.2. The first-order chi connectivity index (χ1) is 12.1. The summed E-state index contributed by atoms with van der Waals surface area (Å²) in [5.41, 5.74) is 0. The molecule has 0 unspecified atom stereocenters. The number of hydrogen-bond acceptors (Lipinski definition) is 8. The SMILES string of the molecule is CC1(C)O[C@H]2[C@H](O)[C@@H]3O[C@@H]4[C@@H](CC(=O)[C@H]5OC(C)(C)O[C@@H]45)[C@@H]3C(=O)[C@H]2O1. The van der Waals surface area contributed by atoms with Gasteiger partial charge in [0.05, 0.1) is 18.1 Å². The summed E-state index contributed by atoms with van der Waals surface area (Å²) in [6, 6.07) is 0. The Balaban J connectivity index is 1.48. The van der Waals surface area contributed by atoms with E-state index in [1.807, 2.05) is 0 Å². The van der Waals surface area contributed by atoms with Crippen LogP contribution in [0.5, 0.6) is 0 Å². The van der Waals surface area contributed by atoms with Crippen LogP contribution in [0.1, 0.15) is 34.1 Å². The smallest absolute Gasteiger partial charge is 0.170 e. The Labute approximate surface area is 151 Å². The zero-order valence-corrected chi connectivity index (χ0v) is 15.2. The summed E-state index contributed by atoms with van der Waals surface area (Å²) in [5.74, 6) is -3.02. The van der Waals surface area contributed by atoms with Gasteiger partial charge in [-0.3, -0.25) is 9.59 Å². The predicted octanol–water partition coefficient (Wildman–Crippen LogP) is -0.0572. The molecule has 1 N–H and O–H groups in total. The molecule has 2 aliphatic carbocycles. The van der Waals surface area contributed by atoms with E-state index >= 15 is 0 Å². The van der Waals surface area contributed by atoms with Gasteiger partial charge in [0.2, 0.25) is 0 Å². The Morgan fingerprint density at radius 2 is 1.46 bits per heavy atom. The van der Waals surface area contributed by atoms with Crippen molar-refractivity contribution in [2.24, 2.45) is 11.8 Å². The Hall–Kier alpha value is -0.900. The predicted molar refractivity (Wildman–Crippen MR) is 83.9 cm³/mol. The molecule has 0 aromatic carbocycles. The van der Waals surface area contributed by atoms with Crippen LogP contribution in [0.25, 0.3) is 0 Å². The maximum Gasteiger partial charge on any atom is 0.170 e. The molecule has 2 saturated carbocycles. The molecule has 0 aromatic rings. The maximum atomic E-state index is 13.1. The molecule has 8 nitrogen and oxygen atoms in total. The van der Waals surface area contributed by atoms with E-state index in [0.29, 0.717) is 0 Å². The number of rotatable bonds is 0. The van der Waals surface area contributed by atoms with E-state index in [1.54, 1.807) is 27.7 Å². The van der Waals surface area contributed by atoms with Crippen LogP contribution in [0, 0.1) is 11.8 Å². The molecule has 3 aliphatic heterocycles. The summed E-state index contributed by atoms with van der Waals surface area (Å²) in [4.78, 5) is 25.7. The van der Waals surface area contributed by atoms with E-state index < -0.39 is 60.2 Å². The molecule has 5 rings (SSSR count). The summed E-state index contributed by atoms with van der Waals surface area (Å²) in [6.07, 6.45) is -4.89. The van der Waals surface area contributed by atoms with Crippen molar-refractivity contribution in [2.45, 2.75) is 88.4 Å². The van der Waals surface area contributed by atoms with E-state index in [1.165, 1.54) is 0 Å². The molecule has 26 heavy (non-hydrogen) atoms. The van der Waals surface area contributed by atoms with E-state index in [4.69, 9.17) is 23.7 Å². The van der Waals surface area contributed by atoms with E-state index in [2.05, 4.69) is 0 Å². The number of ketones is 2. The van der Waals surface area contributed by atoms with Gasteiger partial charge in [-0.2, -0.15) is 0 Å². The molecular weight excluding hydrogens is 344 g/mol. The van der Waals surface area contributed by atoms with Gasteiger partial charge >= 0.3 is 0 Å². The van der Waals surface area contributed by atoms with Crippen molar-refractivity contribution in [3.8, 4) is 0 Å². The highest BCUT2D eigenvalue weighted by Gasteiger charge is 2.68. The van der Waals surface area contributed by atoms with Crippen molar-refractivity contribution >= 4 is 11.6 Å². The van der Waals surface area contributed by atoms with Gasteiger partial charge in [0.25, 0.3) is 0 Å². The van der Waals surface area contributed by atoms with Gasteiger partial charge < -0.3 is 28.8 Å². The number of aliphatic hydroxyl groups excluding tert-OH is 1. The largest absolute Gasteiger partial charge is 0.388 e. The first-order valence-electron chi connectivity index (χ1n) is 9.19. The third-order valence-electron chi connectivity index (χ3n) is 6.17. The lowest BCUT2D eigenvalue weighted by molar-refractivity contribution is -0.178. The van der Waals surface area contributed by atoms with Gasteiger partial charge in [0.1, 0.15) is 30.5 Å². The average Bonchev–Trinajstić information content (AvgIpc) is 3.16. The van der Waals surface area contributed by atoms with Gasteiger partial charge in [-0.25, -0.2) is 0 Å². The van der Waals surface area contributed by atoms with E-state index in [9.17, 15) is 14.7 Å². The quantitative estimate of drug-likeness (QED) is 0.635. The van der Waals surface area contributed by atoms with Crippen molar-refractivity contribution in [3.63, 3.8) is 0 Å². The van der Waals surface area contributed by atoms with Gasteiger partial charge in [-0.05, 0) is 27.7 Å². The van der Waals surface area contributed by atoms with Crippen molar-refractivity contribution in [3.05, 3.63) is 0 Å². The monoisotopic (exact) mass is 368 g/mol. The normalized spacial score (nSPS) is 53.8. The summed E-state index contributed by atoms with van der Waals surface area (Å²) in [5, 5.41) is 10.8. The molecule has 144 valence electrons. The minimum absolute atomic E-state index is 0.0839. The van der Waals surface area contributed by atoms with Crippen LogP contribution in [-0.4, -0.2) is 71.0 Å². The summed E-state index contributed by atoms with van der Waals surface area (Å²) < 4.78 is 29.3. The number of Topliss-reactive ketones (excluding diaryl/α,β-unsaturated/α-hetero) is 2. The van der Waals surface area contributed by atoms with Gasteiger partial charge in [-0.15, -0.1) is 0 Å². The van der Waals surface area contributed by atoms with Crippen LogP contribution in [0.2, 0.25) is 0 Å². The Bertz CT molecular complexity index is 672. The summed E-state index contributed by atoms with van der Waals surface area (Å²) >= 11 is 0. The highest BCUT2D eigenvalue weighted by Crippen LogP contribution is 2.51. The third kappa shape index (κ3) is 2.23. The lowest BCUT2D eigenvalue weighted by Gasteiger charge is -2.36. The van der Waals surface area contributed by atoms with Crippen LogP contribution in [0.15, 0.2) is 0 Å². The fourth-order valence-electron chi connectivity index (χ4n) is 5.31. The lowest BCUT2D eigenvalue weighted by atomic mass is 9.69. The number of ether oxygens (including phenoxy) is 5. The van der Waals surface area contributed by atoms with Crippen LogP contribution < -0.4 is 0 Å². The van der Waals surface area contributed by atoms with Crippen LogP contribution in [0.4, 0.5) is 0 Å². The molecule has 3 saturated heterocycles. The fraction of sp³-hybridized carbons (Fsp3) is 0.889. The molecule has 5 fully saturated rings. The number of fused-ring (bicyclic) bond motifs is 6. The second-order valence-electron chi connectivity index (χ2n) is 8.86. The van der Waals surface area contributed by atoms with Crippen LogP contribution in [-0.2, 0) is 33.3 Å². The molecule has 3 heterocycles. The first-order valence-corrected chi connectivity index (χ1v) is 9.19. The number of carbonyl (C=O) groups excluding carboxylic acids is 2. The highest BCUT2D eigenvalue weighted by atomic mass is 16.8. The third-order valence-corrected chi connectivity index (χ3v) is 6.17. The van der Waals surface area contributed by atoms with Gasteiger partial charge in [0, 0.05) is 12.3 Å². The second kappa shape index (κ2) is 5.12. The summed E-state index contributed by atoms with van der Waals surface area (Å²) in [6.45, 7) is 6.93. The second-order valence-corrected chi connectivity index (χ2v) is 8.86. The molecule has 5 aliphatic rings. The minimum Gasteiger partial charge on any atom is -0.388 e. The number of aliphatic hydroxyl groups is 1. The standard InChI is InChI=1S/C18H24O8/c1-17(2)23-12-7(19)5-6-8-9(20)14-15(25-18(3,4)24-14)10(21)13(8)22-11(6)16(12)26-17/h6,8,10-16,21H,5H2,1-4H3/t6-,8+,10+,11+,12+,13+,14+,15-,16-/m0/s1. The molecule has 9 atom stereocenters. The van der Waals surface area contributed by atoms with Crippen molar-refractivity contribution in [2.75, 3.05) is 0 Å². The fourth-order valence-corrected chi connectivity index (χ4v) is 5.31. The minimum atomic E-state index is -1.00. The molecule has 8 heteroatoms. The molecular formula is C18H24O8. The van der Waals surface area contributed by atoms with Crippen molar-refractivity contribution in [1.29, 1.82) is 0 Å². The molecule has 0 spiro atoms. The Morgan fingerprint density at radius 3 is 2.15 bits per heavy atom. The molecule has 0 aromatic heterocycles. The lowest BCUT2D eigenvalue weighted by Crippen LogP contribution is -2.58. The average molecular weight is 368 g/mol. The number of carbonyl (C=O) groups is 2. The molecule has 0 amide bonds. The van der Waals surface area contributed by atoms with Crippen LogP contribution >= 0.6 is 0 Å². The summed E-state index contributed by atoms with van der Waals surface area (Å²) in [7, 11) is 0. The molecule has 0 radical (unpaired) electrons. The van der Waals surface area contributed by atoms with Gasteiger partial charge in [0.15, 0.2) is 23.1 Å². The van der Waals surface area contributed by atoms with Gasteiger partial charge in [-0.1, -0.05) is 0 Å². The van der Waals surface area contributed by atoms with Crippen LogP contribution in [0.3, 0.4) is 0 Å². The highest BCUT2D eigenvalue weighted by molar-refractivity contribution is 5.91. The first kappa shape index (κ1) is 17.2. The Kier molecular flexibility index (Phi) is 3.39. The number of hydrogen-bond donors (Lipinski definition) is 1. The van der Waals surface area contributed by atoms with Crippen molar-refractivity contribution in [1.82, 2.24) is 0 Å². The Morgan fingerprint density at radius 1 is 0.846 bits per heavy atom. The van der Waals surface area contributed by atoms with Crippen molar-refractivity contribution < 1.29 is 38.4 Å². The topological polar surface area (TPSA) is 101 Å².